The maximum atomic E-state index is 4.79. The summed E-state index contributed by atoms with van der Waals surface area (Å²) < 4.78 is 2.12. The third-order valence-corrected chi connectivity index (χ3v) is 3.22. The molecule has 0 saturated carbocycles. The molecule has 96 valence electrons. The van der Waals surface area contributed by atoms with Gasteiger partial charge in [-0.25, -0.2) is 0 Å². The van der Waals surface area contributed by atoms with Gasteiger partial charge in [-0.05, 0) is 38.8 Å². The van der Waals surface area contributed by atoms with Crippen LogP contribution in [0, 0.1) is 6.92 Å². The lowest BCUT2D eigenvalue weighted by Crippen LogP contribution is -2.05. The van der Waals surface area contributed by atoms with Crippen LogP contribution in [0.15, 0.2) is 24.5 Å². The average Bonchev–Trinajstić information content (AvgIpc) is 2.68. The zero-order valence-electron chi connectivity index (χ0n) is 11.8. The van der Waals surface area contributed by atoms with Gasteiger partial charge in [0.15, 0.2) is 0 Å². The molecule has 0 aliphatic carbocycles. The van der Waals surface area contributed by atoms with Crippen molar-refractivity contribution < 1.29 is 0 Å². The van der Waals surface area contributed by atoms with Crippen molar-refractivity contribution in [3.8, 4) is 11.3 Å². The molecule has 0 spiro atoms. The molecule has 3 heteroatoms. The minimum absolute atomic E-state index is 0.387. The molecule has 0 saturated heterocycles. The zero-order valence-corrected chi connectivity index (χ0v) is 11.8. The summed E-state index contributed by atoms with van der Waals surface area (Å²) in [6.45, 7) is 10.9. The highest BCUT2D eigenvalue weighted by atomic mass is 15.3. The first-order valence-corrected chi connectivity index (χ1v) is 6.51. The van der Waals surface area contributed by atoms with Crippen LogP contribution in [0.3, 0.4) is 0 Å². The topological polar surface area (TPSA) is 30.7 Å². The van der Waals surface area contributed by atoms with Crippen molar-refractivity contribution in [3.05, 3.63) is 35.8 Å². The van der Waals surface area contributed by atoms with Crippen molar-refractivity contribution in [1.29, 1.82) is 0 Å². The van der Waals surface area contributed by atoms with Crippen LogP contribution in [0.5, 0.6) is 0 Å². The number of nitrogens with zero attached hydrogens (tertiary/aromatic N) is 3. The summed E-state index contributed by atoms with van der Waals surface area (Å²) >= 11 is 0. The Bertz CT molecular complexity index is 524. The normalized spacial score (nSPS) is 11.5. The smallest absolute Gasteiger partial charge is 0.0961 e. The van der Waals surface area contributed by atoms with E-state index in [1.165, 1.54) is 11.3 Å². The fourth-order valence-electron chi connectivity index (χ4n) is 2.45. The summed E-state index contributed by atoms with van der Waals surface area (Å²) in [5, 5.41) is 4.79. The standard InChI is InChI=1S/C15H21N3/c1-10(2)14-12(5)18(11(3)4)17-15(14)13-6-8-16-9-7-13/h6-11H,1-5H3. The van der Waals surface area contributed by atoms with Gasteiger partial charge in [-0.15, -0.1) is 0 Å². The second-order valence-corrected chi connectivity index (χ2v) is 5.28. The minimum Gasteiger partial charge on any atom is -0.266 e. The van der Waals surface area contributed by atoms with Gasteiger partial charge in [0.05, 0.1) is 5.69 Å². The Balaban J connectivity index is 2.63. The minimum atomic E-state index is 0.387. The Morgan fingerprint density at radius 2 is 1.67 bits per heavy atom. The van der Waals surface area contributed by atoms with E-state index in [-0.39, 0.29) is 0 Å². The van der Waals surface area contributed by atoms with Crippen LogP contribution in [-0.2, 0) is 0 Å². The van der Waals surface area contributed by atoms with Gasteiger partial charge in [-0.1, -0.05) is 13.8 Å². The number of hydrogen-bond acceptors (Lipinski definition) is 2. The van der Waals surface area contributed by atoms with Crippen LogP contribution >= 0.6 is 0 Å². The maximum Gasteiger partial charge on any atom is 0.0961 e. The van der Waals surface area contributed by atoms with Gasteiger partial charge in [0.1, 0.15) is 0 Å². The van der Waals surface area contributed by atoms with Crippen LogP contribution < -0.4 is 0 Å². The fourth-order valence-corrected chi connectivity index (χ4v) is 2.45. The van der Waals surface area contributed by atoms with Crippen molar-refractivity contribution in [2.75, 3.05) is 0 Å². The number of hydrogen-bond donors (Lipinski definition) is 0. The summed E-state index contributed by atoms with van der Waals surface area (Å²) in [4.78, 5) is 4.08. The summed E-state index contributed by atoms with van der Waals surface area (Å²) in [5.41, 5.74) is 4.86. The van der Waals surface area contributed by atoms with Crippen LogP contribution in [-0.4, -0.2) is 14.8 Å². The van der Waals surface area contributed by atoms with Crippen molar-refractivity contribution in [2.24, 2.45) is 0 Å². The van der Waals surface area contributed by atoms with Crippen LogP contribution in [0.4, 0.5) is 0 Å². The molecule has 0 radical (unpaired) electrons. The second-order valence-electron chi connectivity index (χ2n) is 5.28. The number of pyridine rings is 1. The Kier molecular flexibility index (Phi) is 3.50. The summed E-state index contributed by atoms with van der Waals surface area (Å²) in [6.07, 6.45) is 3.65. The molecule has 2 aromatic rings. The van der Waals surface area contributed by atoms with Crippen molar-refractivity contribution in [3.63, 3.8) is 0 Å². The molecule has 0 atom stereocenters. The van der Waals surface area contributed by atoms with E-state index >= 15 is 0 Å². The molecular formula is C15H21N3. The van der Waals surface area contributed by atoms with E-state index < -0.39 is 0 Å². The van der Waals surface area contributed by atoms with E-state index in [2.05, 4.69) is 44.3 Å². The highest BCUT2D eigenvalue weighted by Crippen LogP contribution is 2.32. The lowest BCUT2D eigenvalue weighted by atomic mass is 9.97. The third-order valence-electron chi connectivity index (χ3n) is 3.22. The molecule has 2 rings (SSSR count). The lowest BCUT2D eigenvalue weighted by molar-refractivity contribution is 0.519. The van der Waals surface area contributed by atoms with E-state index in [0.717, 1.165) is 11.3 Å². The van der Waals surface area contributed by atoms with Gasteiger partial charge < -0.3 is 0 Å². The van der Waals surface area contributed by atoms with E-state index in [1.807, 2.05) is 24.5 Å². The molecule has 0 aliphatic rings. The van der Waals surface area contributed by atoms with Gasteiger partial charge in [0.2, 0.25) is 0 Å². The van der Waals surface area contributed by atoms with Gasteiger partial charge in [-0.3, -0.25) is 9.67 Å². The zero-order chi connectivity index (χ0) is 13.3. The summed E-state index contributed by atoms with van der Waals surface area (Å²) in [7, 11) is 0. The fraction of sp³-hybridized carbons (Fsp3) is 0.467. The highest BCUT2D eigenvalue weighted by Gasteiger charge is 2.19. The molecule has 2 heterocycles. The molecule has 0 N–H and O–H groups in total. The van der Waals surface area contributed by atoms with Gasteiger partial charge in [-0.2, -0.15) is 5.10 Å². The largest absolute Gasteiger partial charge is 0.266 e. The monoisotopic (exact) mass is 243 g/mol. The van der Waals surface area contributed by atoms with Gasteiger partial charge in [0, 0.05) is 35.3 Å². The highest BCUT2D eigenvalue weighted by molar-refractivity contribution is 5.64. The Labute approximate surface area is 109 Å². The van der Waals surface area contributed by atoms with Crippen LogP contribution in [0.1, 0.15) is 50.9 Å². The second kappa shape index (κ2) is 4.92. The predicted molar refractivity (Wildman–Crippen MR) is 74.7 cm³/mol. The van der Waals surface area contributed by atoms with E-state index in [9.17, 15) is 0 Å². The van der Waals surface area contributed by atoms with E-state index in [1.54, 1.807) is 0 Å². The molecule has 0 unspecified atom stereocenters. The van der Waals surface area contributed by atoms with Crippen molar-refractivity contribution in [2.45, 2.75) is 46.6 Å². The molecule has 2 aromatic heterocycles. The van der Waals surface area contributed by atoms with E-state index in [0.29, 0.717) is 12.0 Å². The molecule has 18 heavy (non-hydrogen) atoms. The molecular weight excluding hydrogens is 222 g/mol. The average molecular weight is 243 g/mol. The van der Waals surface area contributed by atoms with E-state index in [4.69, 9.17) is 5.10 Å². The molecule has 3 nitrogen and oxygen atoms in total. The Hall–Kier alpha value is -1.64. The maximum absolute atomic E-state index is 4.79. The predicted octanol–water partition coefficient (Wildman–Crippen LogP) is 3.96. The quantitative estimate of drug-likeness (QED) is 0.817. The first-order chi connectivity index (χ1) is 8.52. The Morgan fingerprint density at radius 1 is 1.06 bits per heavy atom. The van der Waals surface area contributed by atoms with Crippen LogP contribution in [0.25, 0.3) is 11.3 Å². The Morgan fingerprint density at radius 3 is 2.17 bits per heavy atom. The van der Waals surface area contributed by atoms with Gasteiger partial charge in [0.25, 0.3) is 0 Å². The molecule has 0 aromatic carbocycles. The number of rotatable bonds is 3. The van der Waals surface area contributed by atoms with Crippen LogP contribution in [0.2, 0.25) is 0 Å². The first kappa shape index (κ1) is 12.8. The molecule has 0 fully saturated rings. The SMILES string of the molecule is Cc1c(C(C)C)c(-c2ccncc2)nn1C(C)C. The van der Waals surface area contributed by atoms with Crippen molar-refractivity contribution in [1.82, 2.24) is 14.8 Å². The number of aromatic nitrogens is 3. The third kappa shape index (κ3) is 2.17. The molecule has 0 amide bonds. The summed E-state index contributed by atoms with van der Waals surface area (Å²) in [5.74, 6) is 0.473. The first-order valence-electron chi connectivity index (χ1n) is 6.51. The molecule has 0 aliphatic heterocycles. The summed E-state index contributed by atoms with van der Waals surface area (Å²) in [6, 6.07) is 4.44. The van der Waals surface area contributed by atoms with Gasteiger partial charge >= 0.3 is 0 Å². The molecule has 0 bridgehead atoms. The van der Waals surface area contributed by atoms with Crippen molar-refractivity contribution >= 4 is 0 Å². The lowest BCUT2D eigenvalue weighted by Gasteiger charge is -2.10.